The van der Waals surface area contributed by atoms with E-state index in [0.717, 1.165) is 0 Å². The van der Waals surface area contributed by atoms with Crippen molar-refractivity contribution in [3.63, 3.8) is 0 Å². The average Bonchev–Trinajstić information content (AvgIpc) is 2.32. The zero-order chi connectivity index (χ0) is 15.3. The Bertz CT molecular complexity index is 649. The number of aliphatic hydroxyl groups excluding tert-OH is 1. The Morgan fingerprint density at radius 1 is 1.25 bits per heavy atom. The van der Waals surface area contributed by atoms with Gasteiger partial charge in [0.15, 0.2) is 9.84 Å². The number of sulfone groups is 1. The van der Waals surface area contributed by atoms with Gasteiger partial charge in [0.1, 0.15) is 0 Å². The van der Waals surface area contributed by atoms with Gasteiger partial charge in [0.25, 0.3) is 5.92 Å². The molecule has 0 saturated heterocycles. The molecule has 0 aliphatic carbocycles. The molecule has 0 aromatic heterocycles. The van der Waals surface area contributed by atoms with Crippen LogP contribution < -0.4 is 0 Å². The van der Waals surface area contributed by atoms with Gasteiger partial charge in [0.05, 0.1) is 22.8 Å². The van der Waals surface area contributed by atoms with Crippen LogP contribution in [0, 0.1) is 0 Å². The van der Waals surface area contributed by atoms with E-state index in [-0.39, 0.29) is 6.07 Å². The predicted octanol–water partition coefficient (Wildman–Crippen LogP) is 2.47. The van der Waals surface area contributed by atoms with Gasteiger partial charge >= 0.3 is 6.18 Å². The van der Waals surface area contributed by atoms with Gasteiger partial charge < -0.3 is 5.11 Å². The Labute approximate surface area is 110 Å². The van der Waals surface area contributed by atoms with Crippen LogP contribution in [0.1, 0.15) is 23.1 Å². The SMILES string of the molecule is O=S1(=O)CCC(F)(F)c2cc(CO)c(C(F)(F)F)cc21. The van der Waals surface area contributed by atoms with Crippen molar-refractivity contribution in [3.8, 4) is 0 Å². The number of rotatable bonds is 1. The van der Waals surface area contributed by atoms with Gasteiger partial charge in [-0.3, -0.25) is 0 Å². The summed E-state index contributed by atoms with van der Waals surface area (Å²) in [5.41, 5.74) is -3.17. The van der Waals surface area contributed by atoms with Crippen molar-refractivity contribution < 1.29 is 35.5 Å². The number of hydrogen-bond acceptors (Lipinski definition) is 3. The first-order valence-corrected chi connectivity index (χ1v) is 7.10. The zero-order valence-corrected chi connectivity index (χ0v) is 10.7. The van der Waals surface area contributed by atoms with Crippen LogP contribution in [-0.2, 0) is 28.5 Å². The van der Waals surface area contributed by atoms with Gasteiger partial charge in [-0.1, -0.05) is 0 Å². The maximum Gasteiger partial charge on any atom is 0.416 e. The lowest BCUT2D eigenvalue weighted by Gasteiger charge is -2.27. The van der Waals surface area contributed by atoms with E-state index in [4.69, 9.17) is 5.11 Å². The fraction of sp³-hybridized carbons (Fsp3) is 0.455. The Morgan fingerprint density at radius 3 is 2.35 bits per heavy atom. The normalized spacial score (nSPS) is 20.5. The van der Waals surface area contributed by atoms with Crippen molar-refractivity contribution >= 4 is 9.84 Å². The molecule has 1 aliphatic rings. The summed E-state index contributed by atoms with van der Waals surface area (Å²) in [6, 6.07) is 0.609. The number of aliphatic hydroxyl groups is 1. The molecule has 1 heterocycles. The molecule has 0 radical (unpaired) electrons. The van der Waals surface area contributed by atoms with E-state index >= 15 is 0 Å². The lowest BCUT2D eigenvalue weighted by atomic mass is 9.98. The Balaban J connectivity index is 2.82. The number of hydrogen-bond donors (Lipinski definition) is 1. The van der Waals surface area contributed by atoms with E-state index in [9.17, 15) is 30.4 Å². The van der Waals surface area contributed by atoms with E-state index in [1.54, 1.807) is 0 Å². The van der Waals surface area contributed by atoms with Crippen LogP contribution in [0.5, 0.6) is 0 Å². The van der Waals surface area contributed by atoms with Crippen LogP contribution in [0.2, 0.25) is 0 Å². The highest BCUT2D eigenvalue weighted by Crippen LogP contribution is 2.44. The standard InChI is InChI=1S/C11H9F5O3S/c12-10(13)1-2-20(18,19)9-4-7(11(14,15)16)6(5-17)3-8(9)10/h3-4,17H,1-2,5H2. The summed E-state index contributed by atoms with van der Waals surface area (Å²) in [5, 5.41) is 8.89. The summed E-state index contributed by atoms with van der Waals surface area (Å²) in [5.74, 6) is -4.45. The third-order valence-electron chi connectivity index (χ3n) is 3.10. The van der Waals surface area contributed by atoms with Gasteiger partial charge in [-0.25, -0.2) is 17.2 Å². The molecule has 0 bridgehead atoms. The molecule has 112 valence electrons. The second kappa shape index (κ2) is 4.39. The summed E-state index contributed by atoms with van der Waals surface area (Å²) < 4.78 is 88.9. The Kier molecular flexibility index (Phi) is 3.33. The van der Waals surface area contributed by atoms with Crippen molar-refractivity contribution in [1.82, 2.24) is 0 Å². The monoisotopic (exact) mass is 316 g/mol. The molecule has 20 heavy (non-hydrogen) atoms. The van der Waals surface area contributed by atoms with Crippen molar-refractivity contribution in [2.24, 2.45) is 0 Å². The topological polar surface area (TPSA) is 54.4 Å². The van der Waals surface area contributed by atoms with Gasteiger partial charge in [-0.05, 0) is 17.7 Å². The number of benzene rings is 1. The van der Waals surface area contributed by atoms with E-state index in [1.165, 1.54) is 0 Å². The van der Waals surface area contributed by atoms with Crippen LogP contribution in [-0.4, -0.2) is 19.3 Å². The molecule has 2 rings (SSSR count). The molecule has 0 atom stereocenters. The van der Waals surface area contributed by atoms with Crippen molar-refractivity contribution in [3.05, 3.63) is 28.8 Å². The highest BCUT2D eigenvalue weighted by molar-refractivity contribution is 7.91. The molecule has 1 aromatic carbocycles. The van der Waals surface area contributed by atoms with Crippen LogP contribution in [0.15, 0.2) is 17.0 Å². The summed E-state index contributed by atoms with van der Waals surface area (Å²) >= 11 is 0. The molecule has 0 unspecified atom stereocenters. The summed E-state index contributed by atoms with van der Waals surface area (Å²) in [4.78, 5) is -1.02. The first kappa shape index (κ1) is 15.2. The minimum absolute atomic E-state index is 0.184. The van der Waals surface area contributed by atoms with Gasteiger partial charge in [-0.2, -0.15) is 13.2 Å². The minimum Gasteiger partial charge on any atom is -0.392 e. The fourth-order valence-electron chi connectivity index (χ4n) is 2.07. The molecule has 9 heteroatoms. The maximum absolute atomic E-state index is 13.7. The number of fused-ring (bicyclic) bond motifs is 1. The highest BCUT2D eigenvalue weighted by atomic mass is 32.2. The molecule has 1 aromatic rings. The van der Waals surface area contributed by atoms with E-state index in [1.807, 2.05) is 0 Å². The predicted molar refractivity (Wildman–Crippen MR) is 57.9 cm³/mol. The summed E-state index contributed by atoms with van der Waals surface area (Å²) in [6.07, 6.45) is -5.92. The molecular formula is C11H9F5O3S. The molecule has 0 fully saturated rings. The maximum atomic E-state index is 13.7. The molecule has 1 aliphatic heterocycles. The quantitative estimate of drug-likeness (QED) is 0.810. The van der Waals surface area contributed by atoms with Crippen molar-refractivity contribution in [2.75, 3.05) is 5.75 Å². The van der Waals surface area contributed by atoms with Crippen LogP contribution >= 0.6 is 0 Å². The second-order valence-electron chi connectivity index (χ2n) is 4.43. The Morgan fingerprint density at radius 2 is 1.85 bits per heavy atom. The van der Waals surface area contributed by atoms with E-state index < -0.39 is 62.3 Å². The zero-order valence-electron chi connectivity index (χ0n) is 9.84. The lowest BCUT2D eigenvalue weighted by molar-refractivity contribution is -0.139. The van der Waals surface area contributed by atoms with Crippen LogP contribution in [0.25, 0.3) is 0 Å². The van der Waals surface area contributed by atoms with Gasteiger partial charge in [0, 0.05) is 12.0 Å². The summed E-state index contributed by atoms with van der Waals surface area (Å²) in [7, 11) is -4.18. The van der Waals surface area contributed by atoms with Crippen LogP contribution in [0.3, 0.4) is 0 Å². The third-order valence-corrected chi connectivity index (χ3v) is 4.84. The first-order chi connectivity index (χ1) is 8.99. The third kappa shape index (κ3) is 2.39. The van der Waals surface area contributed by atoms with Crippen molar-refractivity contribution in [2.45, 2.75) is 30.0 Å². The minimum atomic E-state index is -4.94. The molecule has 3 nitrogen and oxygen atoms in total. The smallest absolute Gasteiger partial charge is 0.392 e. The molecule has 1 N–H and O–H groups in total. The van der Waals surface area contributed by atoms with Gasteiger partial charge in [0.2, 0.25) is 0 Å². The number of alkyl halides is 5. The Hall–Kier alpha value is -1.22. The first-order valence-electron chi connectivity index (χ1n) is 5.45. The average molecular weight is 316 g/mol. The summed E-state index contributed by atoms with van der Waals surface area (Å²) in [6.45, 7) is -1.11. The second-order valence-corrected chi connectivity index (χ2v) is 6.51. The fourth-order valence-corrected chi connectivity index (χ4v) is 3.66. The van der Waals surface area contributed by atoms with E-state index in [0.29, 0.717) is 6.07 Å². The molecule has 0 saturated carbocycles. The highest BCUT2D eigenvalue weighted by Gasteiger charge is 2.45. The number of halogens is 5. The van der Waals surface area contributed by atoms with Crippen molar-refractivity contribution in [1.29, 1.82) is 0 Å². The van der Waals surface area contributed by atoms with E-state index in [2.05, 4.69) is 0 Å². The van der Waals surface area contributed by atoms with Crippen LogP contribution in [0.4, 0.5) is 22.0 Å². The molecular weight excluding hydrogens is 307 g/mol. The largest absolute Gasteiger partial charge is 0.416 e. The van der Waals surface area contributed by atoms with Gasteiger partial charge in [-0.15, -0.1) is 0 Å². The lowest BCUT2D eigenvalue weighted by Crippen LogP contribution is -2.29. The molecule has 0 amide bonds. The molecule has 0 spiro atoms.